The van der Waals surface area contributed by atoms with Gasteiger partial charge in [0.15, 0.2) is 6.10 Å². The molecule has 8 nitrogen and oxygen atoms in total. The van der Waals surface area contributed by atoms with Crippen LogP contribution in [0.1, 0.15) is 5.89 Å². The molecule has 1 atom stereocenters. The molecule has 2 aromatic heterocycles. The number of hydrogen-bond donors (Lipinski definition) is 3. The number of aliphatic hydroxyl groups excluding tert-OH is 1. The SMILES string of the molecule is Cc1nc(-c2ccc3ccnc(NC[C@@H](O)C(=O)O)c3c2)no1. The van der Waals surface area contributed by atoms with E-state index in [1.807, 2.05) is 24.3 Å². The molecule has 3 rings (SSSR count). The Kier molecular flexibility index (Phi) is 3.90. The number of carboxylic acid groups (broad SMARTS) is 1. The molecule has 0 spiro atoms. The second kappa shape index (κ2) is 6.01. The number of carbonyl (C=O) groups is 1. The zero-order valence-electron chi connectivity index (χ0n) is 12.2. The van der Waals surface area contributed by atoms with Gasteiger partial charge >= 0.3 is 5.97 Å². The van der Waals surface area contributed by atoms with Crippen LogP contribution in [-0.2, 0) is 4.79 Å². The Balaban J connectivity index is 1.96. The average molecular weight is 314 g/mol. The molecular formula is C15H14N4O4. The van der Waals surface area contributed by atoms with Crippen LogP contribution in [0.15, 0.2) is 35.0 Å². The van der Waals surface area contributed by atoms with Gasteiger partial charge in [0.1, 0.15) is 5.82 Å². The third-order valence-electron chi connectivity index (χ3n) is 3.30. The Morgan fingerprint density at radius 3 is 2.91 bits per heavy atom. The number of aryl methyl sites for hydroxylation is 1. The lowest BCUT2D eigenvalue weighted by molar-refractivity contribution is -0.145. The third-order valence-corrected chi connectivity index (χ3v) is 3.30. The standard InChI is InChI=1S/C15H14N4O4/c1-8-18-13(19-23-8)10-3-2-9-4-5-16-14(11(9)6-10)17-7-12(20)15(21)22/h2-6,12,20H,7H2,1H3,(H,16,17)(H,21,22)/t12-/m1/s1. The molecule has 0 bridgehead atoms. The van der Waals surface area contributed by atoms with Crippen LogP contribution >= 0.6 is 0 Å². The fraction of sp³-hybridized carbons (Fsp3) is 0.200. The van der Waals surface area contributed by atoms with E-state index < -0.39 is 12.1 Å². The van der Waals surface area contributed by atoms with Crippen LogP contribution in [-0.4, -0.2) is 44.0 Å². The predicted octanol–water partition coefficient (Wildman–Crippen LogP) is 1.45. The van der Waals surface area contributed by atoms with E-state index in [1.165, 1.54) is 0 Å². The summed E-state index contributed by atoms with van der Waals surface area (Å²) in [5, 5.41) is 26.5. The van der Waals surface area contributed by atoms with Gasteiger partial charge in [0.05, 0.1) is 6.54 Å². The van der Waals surface area contributed by atoms with Crippen molar-refractivity contribution in [2.45, 2.75) is 13.0 Å². The zero-order chi connectivity index (χ0) is 16.4. The normalized spacial score (nSPS) is 12.3. The van der Waals surface area contributed by atoms with Crippen LogP contribution in [0.5, 0.6) is 0 Å². The third kappa shape index (κ3) is 3.11. The fourth-order valence-electron chi connectivity index (χ4n) is 2.15. The van der Waals surface area contributed by atoms with Crippen molar-refractivity contribution < 1.29 is 19.5 Å². The van der Waals surface area contributed by atoms with Gasteiger partial charge in [0.25, 0.3) is 0 Å². The summed E-state index contributed by atoms with van der Waals surface area (Å²) in [6.07, 6.45) is 0.103. The first-order valence-electron chi connectivity index (χ1n) is 6.89. The summed E-state index contributed by atoms with van der Waals surface area (Å²) in [4.78, 5) is 19.1. The molecule has 23 heavy (non-hydrogen) atoms. The van der Waals surface area contributed by atoms with Gasteiger partial charge in [-0.25, -0.2) is 9.78 Å². The highest BCUT2D eigenvalue weighted by Gasteiger charge is 2.14. The van der Waals surface area contributed by atoms with Crippen LogP contribution in [0.25, 0.3) is 22.2 Å². The molecular weight excluding hydrogens is 300 g/mol. The average Bonchev–Trinajstić information content (AvgIpc) is 2.98. The van der Waals surface area contributed by atoms with Crippen LogP contribution in [0.4, 0.5) is 5.82 Å². The van der Waals surface area contributed by atoms with Crippen molar-refractivity contribution in [3.63, 3.8) is 0 Å². The number of nitrogens with one attached hydrogen (secondary N) is 1. The Bertz CT molecular complexity index is 862. The maximum atomic E-state index is 10.7. The summed E-state index contributed by atoms with van der Waals surface area (Å²) >= 11 is 0. The van der Waals surface area contributed by atoms with Gasteiger partial charge in [-0.15, -0.1) is 0 Å². The van der Waals surface area contributed by atoms with Crippen molar-refractivity contribution in [1.82, 2.24) is 15.1 Å². The highest BCUT2D eigenvalue weighted by Crippen LogP contribution is 2.26. The number of aromatic nitrogens is 3. The van der Waals surface area contributed by atoms with Crippen LogP contribution in [0.3, 0.4) is 0 Å². The number of fused-ring (bicyclic) bond motifs is 1. The molecule has 3 N–H and O–H groups in total. The van der Waals surface area contributed by atoms with Crippen molar-refractivity contribution >= 4 is 22.6 Å². The Morgan fingerprint density at radius 1 is 1.39 bits per heavy atom. The number of carboxylic acids is 1. The summed E-state index contributed by atoms with van der Waals surface area (Å²) < 4.78 is 4.98. The fourth-order valence-corrected chi connectivity index (χ4v) is 2.15. The summed E-state index contributed by atoms with van der Waals surface area (Å²) in [5.41, 5.74) is 0.754. The number of benzene rings is 1. The van der Waals surface area contributed by atoms with Gasteiger partial charge < -0.3 is 20.1 Å². The highest BCUT2D eigenvalue weighted by atomic mass is 16.5. The van der Waals surface area contributed by atoms with E-state index in [4.69, 9.17) is 9.63 Å². The molecule has 8 heteroatoms. The lowest BCUT2D eigenvalue weighted by Gasteiger charge is -2.11. The molecule has 0 saturated carbocycles. The number of hydrogen-bond acceptors (Lipinski definition) is 7. The van der Waals surface area contributed by atoms with E-state index in [0.717, 1.165) is 16.3 Å². The maximum Gasteiger partial charge on any atom is 0.334 e. The highest BCUT2D eigenvalue weighted by molar-refractivity contribution is 5.94. The predicted molar refractivity (Wildman–Crippen MR) is 81.9 cm³/mol. The second-order valence-electron chi connectivity index (χ2n) is 4.97. The van der Waals surface area contributed by atoms with Gasteiger partial charge in [0.2, 0.25) is 11.7 Å². The monoisotopic (exact) mass is 314 g/mol. The number of anilines is 1. The molecule has 118 valence electrons. The Morgan fingerprint density at radius 2 is 2.22 bits per heavy atom. The molecule has 0 aliphatic carbocycles. The van der Waals surface area contributed by atoms with Crippen molar-refractivity contribution in [3.8, 4) is 11.4 Å². The topological polar surface area (TPSA) is 121 Å². The van der Waals surface area contributed by atoms with E-state index >= 15 is 0 Å². The van der Waals surface area contributed by atoms with Crippen molar-refractivity contribution in [1.29, 1.82) is 0 Å². The molecule has 0 radical (unpaired) electrons. The van der Waals surface area contributed by atoms with Crippen molar-refractivity contribution in [2.75, 3.05) is 11.9 Å². The minimum Gasteiger partial charge on any atom is -0.479 e. The quantitative estimate of drug-likeness (QED) is 0.647. The first-order valence-corrected chi connectivity index (χ1v) is 6.89. The summed E-state index contributed by atoms with van der Waals surface area (Å²) in [7, 11) is 0. The largest absolute Gasteiger partial charge is 0.479 e. The van der Waals surface area contributed by atoms with Crippen molar-refractivity contribution in [3.05, 3.63) is 36.4 Å². The number of aliphatic hydroxyl groups is 1. The minimum atomic E-state index is -1.50. The molecule has 0 unspecified atom stereocenters. The van der Waals surface area contributed by atoms with E-state index in [2.05, 4.69) is 20.4 Å². The van der Waals surface area contributed by atoms with E-state index in [1.54, 1.807) is 13.1 Å². The molecule has 3 aromatic rings. The molecule has 0 aliphatic rings. The lowest BCUT2D eigenvalue weighted by atomic mass is 10.1. The summed E-state index contributed by atoms with van der Waals surface area (Å²) in [6, 6.07) is 7.42. The second-order valence-corrected chi connectivity index (χ2v) is 4.97. The zero-order valence-corrected chi connectivity index (χ0v) is 12.2. The van der Waals surface area contributed by atoms with E-state index in [-0.39, 0.29) is 6.54 Å². The van der Waals surface area contributed by atoms with Gasteiger partial charge in [-0.1, -0.05) is 17.3 Å². The number of rotatable bonds is 5. The first kappa shape index (κ1) is 14.9. The number of nitrogens with zero attached hydrogens (tertiary/aromatic N) is 3. The van der Waals surface area contributed by atoms with Gasteiger partial charge in [-0.05, 0) is 17.5 Å². The Hall–Kier alpha value is -3.00. The summed E-state index contributed by atoms with van der Waals surface area (Å²) in [5.74, 6) is 0.115. The minimum absolute atomic E-state index is 0.146. The van der Waals surface area contributed by atoms with Gasteiger partial charge in [-0.2, -0.15) is 4.98 Å². The number of aliphatic carboxylic acids is 1. The van der Waals surface area contributed by atoms with Gasteiger partial charge in [0, 0.05) is 24.1 Å². The molecule has 2 heterocycles. The smallest absolute Gasteiger partial charge is 0.334 e. The van der Waals surface area contributed by atoms with E-state index in [0.29, 0.717) is 17.5 Å². The molecule has 0 fully saturated rings. The van der Waals surface area contributed by atoms with E-state index in [9.17, 15) is 9.90 Å². The maximum absolute atomic E-state index is 10.7. The van der Waals surface area contributed by atoms with Crippen molar-refractivity contribution in [2.24, 2.45) is 0 Å². The molecule has 0 saturated heterocycles. The molecule has 0 aliphatic heterocycles. The first-order chi connectivity index (χ1) is 11.0. The van der Waals surface area contributed by atoms with Crippen LogP contribution in [0.2, 0.25) is 0 Å². The molecule has 1 aromatic carbocycles. The van der Waals surface area contributed by atoms with Crippen LogP contribution in [0, 0.1) is 6.92 Å². The van der Waals surface area contributed by atoms with Crippen LogP contribution < -0.4 is 5.32 Å². The molecule has 0 amide bonds. The summed E-state index contributed by atoms with van der Waals surface area (Å²) in [6.45, 7) is 1.56. The number of pyridine rings is 1. The lowest BCUT2D eigenvalue weighted by Crippen LogP contribution is -2.28. The van der Waals surface area contributed by atoms with Gasteiger partial charge in [-0.3, -0.25) is 0 Å². The Labute approximate surface area is 130 Å².